The number of hydrogen-bond acceptors (Lipinski definition) is 1. The summed E-state index contributed by atoms with van der Waals surface area (Å²) in [6.07, 6.45) is 1.87. The molecule has 0 aliphatic rings. The Morgan fingerprint density at radius 2 is 1.14 bits per heavy atom. The van der Waals surface area contributed by atoms with E-state index in [0.29, 0.717) is 0 Å². The second kappa shape index (κ2) is 13.4. The van der Waals surface area contributed by atoms with Crippen LogP contribution in [-0.2, 0) is 0 Å². The third kappa shape index (κ3) is 10.8. The van der Waals surface area contributed by atoms with E-state index in [0.717, 1.165) is 5.69 Å². The van der Waals surface area contributed by atoms with Crippen molar-refractivity contribution in [1.29, 1.82) is 0 Å². The van der Waals surface area contributed by atoms with Crippen LogP contribution in [-0.4, -0.2) is 4.98 Å². The summed E-state index contributed by atoms with van der Waals surface area (Å²) in [5.41, 5.74) is 6.40. The van der Waals surface area contributed by atoms with Crippen LogP contribution in [0.25, 0.3) is 0 Å². The molecule has 0 aliphatic carbocycles. The largest absolute Gasteiger partial charge is 0.261 e. The molecule has 0 saturated heterocycles. The molecule has 0 bridgehead atoms. The Balaban J connectivity index is 0. The number of nitrogens with zero attached hydrogens (tertiary/aromatic N) is 1. The molecule has 1 aromatic heterocycles. The molecule has 0 N–H and O–H groups in total. The van der Waals surface area contributed by atoms with Crippen LogP contribution in [0, 0.1) is 34.6 Å². The fraction of sp³-hybridized carbons (Fsp3) is 0.450. The van der Waals surface area contributed by atoms with E-state index >= 15 is 0 Å². The van der Waals surface area contributed by atoms with Crippen LogP contribution in [0.15, 0.2) is 36.5 Å². The molecule has 1 nitrogen and oxygen atoms in total. The Labute approximate surface area is 132 Å². The van der Waals surface area contributed by atoms with Gasteiger partial charge in [0.05, 0.1) is 0 Å². The van der Waals surface area contributed by atoms with E-state index in [2.05, 4.69) is 50.0 Å². The van der Waals surface area contributed by atoms with Gasteiger partial charge in [-0.25, -0.2) is 0 Å². The maximum Gasteiger partial charge on any atom is 0.0372 e. The normalized spacial score (nSPS) is 8.24. The lowest BCUT2D eigenvalue weighted by atomic mass is 10.1. The first-order chi connectivity index (χ1) is 9.99. The average Bonchev–Trinajstić information content (AvgIpc) is 2.51. The summed E-state index contributed by atoms with van der Waals surface area (Å²) in [4.78, 5) is 4.08. The van der Waals surface area contributed by atoms with Gasteiger partial charge in [-0.3, -0.25) is 4.98 Å². The van der Waals surface area contributed by atoms with Gasteiger partial charge >= 0.3 is 0 Å². The van der Waals surface area contributed by atoms with Crippen molar-refractivity contribution >= 4 is 0 Å². The molecule has 0 spiro atoms. The quantitative estimate of drug-likeness (QED) is 0.549. The van der Waals surface area contributed by atoms with Gasteiger partial charge in [0, 0.05) is 11.9 Å². The van der Waals surface area contributed by atoms with Crippen LogP contribution < -0.4 is 0 Å². The summed E-state index contributed by atoms with van der Waals surface area (Å²) in [7, 11) is 0. The minimum Gasteiger partial charge on any atom is -0.261 e. The molecule has 0 unspecified atom stereocenters. The van der Waals surface area contributed by atoms with Crippen molar-refractivity contribution in [2.75, 3.05) is 0 Å². The average molecular weight is 287 g/mol. The third-order valence-electron chi connectivity index (χ3n) is 2.72. The molecule has 0 saturated carbocycles. The van der Waals surface area contributed by atoms with Gasteiger partial charge in [-0.15, -0.1) is 0 Å². The summed E-state index contributed by atoms with van der Waals surface area (Å²) >= 11 is 0. The monoisotopic (exact) mass is 287 g/mol. The van der Waals surface area contributed by atoms with Crippen molar-refractivity contribution in [2.45, 2.75) is 62.3 Å². The van der Waals surface area contributed by atoms with Gasteiger partial charge in [-0.2, -0.15) is 0 Å². The summed E-state index contributed by atoms with van der Waals surface area (Å²) in [6.45, 7) is 18.4. The van der Waals surface area contributed by atoms with Gasteiger partial charge in [-0.05, 0) is 57.4 Å². The first-order valence-corrected chi connectivity index (χ1v) is 7.92. The van der Waals surface area contributed by atoms with Gasteiger partial charge in [0.2, 0.25) is 0 Å². The highest BCUT2D eigenvalue weighted by atomic mass is 14.6. The van der Waals surface area contributed by atoms with Crippen LogP contribution in [0.5, 0.6) is 0 Å². The topological polar surface area (TPSA) is 12.9 Å². The zero-order valence-corrected chi connectivity index (χ0v) is 15.4. The molecule has 118 valence electrons. The molecule has 0 radical (unpaired) electrons. The van der Waals surface area contributed by atoms with Crippen LogP contribution >= 0.6 is 0 Å². The van der Waals surface area contributed by atoms with E-state index in [1.807, 2.05) is 53.8 Å². The molecular weight excluding hydrogens is 254 g/mol. The highest BCUT2D eigenvalue weighted by molar-refractivity contribution is 5.28. The van der Waals surface area contributed by atoms with E-state index in [1.165, 1.54) is 22.3 Å². The zero-order valence-electron chi connectivity index (χ0n) is 15.4. The zero-order chi connectivity index (χ0) is 16.8. The molecule has 1 aromatic carbocycles. The molecule has 1 heteroatoms. The lowest BCUT2D eigenvalue weighted by Crippen LogP contribution is -1.79. The molecule has 0 atom stereocenters. The fourth-order valence-corrected chi connectivity index (χ4v) is 1.43. The lowest BCUT2D eigenvalue weighted by molar-refractivity contribution is 1.17. The van der Waals surface area contributed by atoms with Crippen molar-refractivity contribution in [3.8, 4) is 0 Å². The van der Waals surface area contributed by atoms with Gasteiger partial charge in [0.25, 0.3) is 0 Å². The van der Waals surface area contributed by atoms with E-state index in [-0.39, 0.29) is 0 Å². The first-order valence-electron chi connectivity index (χ1n) is 7.92. The van der Waals surface area contributed by atoms with E-state index in [4.69, 9.17) is 0 Å². The van der Waals surface area contributed by atoms with Crippen molar-refractivity contribution < 1.29 is 0 Å². The number of hydrogen-bond donors (Lipinski definition) is 0. The van der Waals surface area contributed by atoms with Crippen molar-refractivity contribution in [3.05, 3.63) is 64.5 Å². The third-order valence-corrected chi connectivity index (χ3v) is 2.72. The SMILES string of the molecule is CC.CC.Cc1ccc(C)c(C)c1.Cc1ccc(C)nc1. The van der Waals surface area contributed by atoms with Crippen molar-refractivity contribution in [1.82, 2.24) is 4.98 Å². The lowest BCUT2D eigenvalue weighted by Gasteiger charge is -1.98. The summed E-state index contributed by atoms with van der Waals surface area (Å²) in [5.74, 6) is 0. The maximum atomic E-state index is 4.08. The summed E-state index contributed by atoms with van der Waals surface area (Å²) in [6, 6.07) is 10.6. The van der Waals surface area contributed by atoms with Gasteiger partial charge in [0.15, 0.2) is 0 Å². The second-order valence-electron chi connectivity index (χ2n) is 4.56. The standard InChI is InChI=1S/C9H12.C7H9N.2C2H6/c1-7-4-5-8(2)9(3)6-7;1-6-3-4-7(2)8-5-6;2*1-2/h4-6H,1-3H3;3-5H,1-2H3;2*1-2H3. The molecular formula is C20H33N. The molecule has 2 aromatic rings. The Morgan fingerprint density at radius 3 is 1.48 bits per heavy atom. The molecule has 0 fully saturated rings. The highest BCUT2D eigenvalue weighted by Gasteiger charge is 1.89. The van der Waals surface area contributed by atoms with Crippen molar-refractivity contribution in [2.24, 2.45) is 0 Å². The van der Waals surface area contributed by atoms with Crippen LogP contribution in [0.2, 0.25) is 0 Å². The van der Waals surface area contributed by atoms with Crippen LogP contribution in [0.1, 0.15) is 55.6 Å². The van der Waals surface area contributed by atoms with Crippen LogP contribution in [0.4, 0.5) is 0 Å². The molecule has 1 heterocycles. The molecule has 0 aliphatic heterocycles. The Bertz CT molecular complexity index is 449. The van der Waals surface area contributed by atoms with Gasteiger partial charge < -0.3 is 0 Å². The first kappa shape index (κ1) is 21.7. The predicted octanol–water partition coefficient (Wildman–Crippen LogP) is 6.36. The maximum absolute atomic E-state index is 4.08. The van der Waals surface area contributed by atoms with E-state index in [1.54, 1.807) is 0 Å². The van der Waals surface area contributed by atoms with Gasteiger partial charge in [0.1, 0.15) is 0 Å². The van der Waals surface area contributed by atoms with E-state index in [9.17, 15) is 0 Å². The number of aryl methyl sites for hydroxylation is 5. The fourth-order valence-electron chi connectivity index (χ4n) is 1.43. The minimum atomic E-state index is 1.08. The summed E-state index contributed by atoms with van der Waals surface area (Å²) < 4.78 is 0. The number of pyridine rings is 1. The number of rotatable bonds is 0. The van der Waals surface area contributed by atoms with Gasteiger partial charge in [-0.1, -0.05) is 57.5 Å². The number of benzene rings is 1. The molecule has 21 heavy (non-hydrogen) atoms. The minimum absolute atomic E-state index is 1.08. The molecule has 0 amide bonds. The smallest absolute Gasteiger partial charge is 0.0372 e. The Morgan fingerprint density at radius 1 is 0.619 bits per heavy atom. The highest BCUT2D eigenvalue weighted by Crippen LogP contribution is 2.07. The van der Waals surface area contributed by atoms with E-state index < -0.39 is 0 Å². The Kier molecular flexibility index (Phi) is 13.8. The summed E-state index contributed by atoms with van der Waals surface area (Å²) in [5, 5.41) is 0. The second-order valence-corrected chi connectivity index (χ2v) is 4.56. The number of aromatic nitrogens is 1. The van der Waals surface area contributed by atoms with Crippen LogP contribution in [0.3, 0.4) is 0 Å². The predicted molar refractivity (Wildman–Crippen MR) is 97.1 cm³/mol. The van der Waals surface area contributed by atoms with Crippen molar-refractivity contribution in [3.63, 3.8) is 0 Å². The molecule has 2 rings (SSSR count). The Hall–Kier alpha value is -1.63.